The van der Waals surface area contributed by atoms with Crippen LogP contribution in [0.3, 0.4) is 0 Å². The van der Waals surface area contributed by atoms with E-state index in [1.54, 1.807) is 23.5 Å². The van der Waals surface area contributed by atoms with E-state index in [0.29, 0.717) is 40.0 Å². The summed E-state index contributed by atoms with van der Waals surface area (Å²) in [7, 11) is 0. The smallest absolute Gasteiger partial charge is 0.182 e. The van der Waals surface area contributed by atoms with Gasteiger partial charge in [-0.2, -0.15) is 0 Å². The van der Waals surface area contributed by atoms with Crippen molar-refractivity contribution in [3.63, 3.8) is 0 Å². The number of anilines is 6. The average molecular weight is 1910 g/mol. The number of para-hydroxylation sites is 8. The number of fused-ring (bicyclic) bond motifs is 30. The number of halogens is 1. The van der Waals surface area contributed by atoms with Gasteiger partial charge in [0.1, 0.15) is 39.7 Å². The summed E-state index contributed by atoms with van der Waals surface area (Å²) in [6, 6.07) is 152. The molecule has 12 heterocycles. The Labute approximate surface area is 841 Å². The molecule has 0 saturated heterocycles. The van der Waals surface area contributed by atoms with Crippen molar-refractivity contribution in [3.8, 4) is 114 Å². The summed E-state index contributed by atoms with van der Waals surface area (Å²) >= 11 is 10.1. The third kappa shape index (κ3) is 13.3. The molecule has 678 valence electrons. The maximum atomic E-state index is 7.25. The zero-order valence-electron chi connectivity index (χ0n) is 77.0. The predicted octanol–water partition coefficient (Wildman–Crippen LogP) is 31.3. The number of benzene rings is 16. The highest BCUT2D eigenvalue weighted by molar-refractivity contribution is 8.00. The largest absolute Gasteiger partial charge is 0.455 e. The van der Waals surface area contributed by atoms with Gasteiger partial charge in [-0.25, -0.2) is 39.9 Å². The van der Waals surface area contributed by atoms with Crippen LogP contribution in [-0.4, -0.2) is 59.0 Å². The van der Waals surface area contributed by atoms with E-state index in [-0.39, 0.29) is 0 Å². The minimum absolute atomic E-state index is 0.444. The van der Waals surface area contributed by atoms with E-state index >= 15 is 0 Å². The lowest BCUT2D eigenvalue weighted by atomic mass is 9.66. The van der Waals surface area contributed by atoms with E-state index < -0.39 is 10.8 Å². The second-order valence-corrected chi connectivity index (χ2v) is 38.6. The molecule has 19 heteroatoms. The van der Waals surface area contributed by atoms with Gasteiger partial charge in [0.2, 0.25) is 0 Å². The van der Waals surface area contributed by atoms with E-state index in [1.807, 2.05) is 165 Å². The average Bonchev–Trinajstić information content (AvgIpc) is 1.47. The second-order valence-electron chi connectivity index (χ2n) is 36.1. The molecule has 0 fully saturated rings. The molecule has 0 radical (unpaired) electrons. The quantitative estimate of drug-likeness (QED) is 0.125. The van der Waals surface area contributed by atoms with Crippen LogP contribution in [0.5, 0.6) is 23.0 Å². The van der Waals surface area contributed by atoms with Crippen molar-refractivity contribution in [2.75, 3.05) is 9.80 Å². The molecule has 2 atom stereocenters. The molecule has 16 nitrogen and oxygen atoms in total. The topological polar surface area (TPSA) is 164 Å². The molecule has 2 spiro atoms. The van der Waals surface area contributed by atoms with Crippen LogP contribution in [0.25, 0.3) is 135 Å². The Morgan fingerprint density at radius 2 is 0.597 bits per heavy atom. The van der Waals surface area contributed by atoms with Gasteiger partial charge in [-0.15, -0.1) is 0 Å². The summed E-state index contributed by atoms with van der Waals surface area (Å²) in [5.74, 6) is 7.06. The first kappa shape index (κ1) is 84.0. The Morgan fingerprint density at radius 3 is 1.03 bits per heavy atom. The fourth-order valence-corrected chi connectivity index (χ4v) is 24.6. The van der Waals surface area contributed by atoms with Crippen LogP contribution in [0.2, 0.25) is 5.15 Å². The monoisotopic (exact) mass is 1900 g/mol. The molecule has 2 aliphatic carbocycles. The molecule has 4 aliphatic heterocycles. The highest BCUT2D eigenvalue weighted by atomic mass is 35.5. The van der Waals surface area contributed by atoms with Crippen LogP contribution in [0.1, 0.15) is 50.3 Å². The molecule has 30 rings (SSSR count). The van der Waals surface area contributed by atoms with Crippen LogP contribution in [0.4, 0.5) is 34.1 Å². The lowest BCUT2D eigenvalue weighted by Gasteiger charge is -2.41. The fraction of sp³-hybridized carbons (Fsp3) is 0.0240. The number of ether oxygens (including phenoxy) is 2. The van der Waals surface area contributed by atoms with Crippen LogP contribution in [0, 0.1) is 6.92 Å². The normalized spacial score (nSPS) is 14.7. The lowest BCUT2D eigenvalue weighted by Crippen LogP contribution is -2.33. The van der Waals surface area contributed by atoms with Crippen molar-refractivity contribution in [1.29, 1.82) is 0 Å². The van der Waals surface area contributed by atoms with Crippen LogP contribution >= 0.6 is 35.1 Å². The van der Waals surface area contributed by atoms with Crippen LogP contribution in [-0.2, 0) is 10.8 Å². The summed E-state index contributed by atoms with van der Waals surface area (Å²) in [5.41, 5.74) is 27.9. The van der Waals surface area contributed by atoms with Crippen molar-refractivity contribution >= 4 is 113 Å². The minimum Gasteiger partial charge on any atom is -0.455 e. The van der Waals surface area contributed by atoms with Gasteiger partial charge >= 0.3 is 0 Å². The first-order chi connectivity index (χ1) is 71.2. The second kappa shape index (κ2) is 33.9. The lowest BCUT2D eigenvalue weighted by molar-refractivity contribution is 0.425. The van der Waals surface area contributed by atoms with Gasteiger partial charge in [0, 0.05) is 111 Å². The maximum Gasteiger partial charge on any atom is 0.182 e. The van der Waals surface area contributed by atoms with Gasteiger partial charge in [-0.3, -0.25) is 9.97 Å². The van der Waals surface area contributed by atoms with Gasteiger partial charge in [0.15, 0.2) is 29.1 Å². The molecule has 144 heavy (non-hydrogen) atoms. The zero-order valence-corrected chi connectivity index (χ0v) is 79.4. The SMILES string of the molecule is Cc1nc(-c2ccccc2)nc(-c2ccccc2)n1.Clc1ccc2c(n1)-c1ncccc1C21c2ccccc2Oc2c1ccc1c2Sc2ccccc2N1c1cccc(-n2c3ccccc3c3ccccc32)c1.c1ccc(-c2nc(-c3ccccc3)nc(-c3ccc4c(n3)-c3ncccc3C43c4ccccc4Oc4c3ccc3c4Sc4ccccc4N3c3cccc(-n4c5ccccc5c5ccccc54)c3)n2)cc1. The summed E-state index contributed by atoms with van der Waals surface area (Å²) < 4.78 is 19.1. The zero-order chi connectivity index (χ0) is 95.2. The fourth-order valence-electron chi connectivity index (χ4n) is 22.2. The summed E-state index contributed by atoms with van der Waals surface area (Å²) in [6.45, 7) is 1.89. The number of hydrogen-bond donors (Lipinski definition) is 0. The van der Waals surface area contributed by atoms with E-state index in [4.69, 9.17) is 56.0 Å². The summed E-state index contributed by atoms with van der Waals surface area (Å²) in [5, 5.41) is 5.38. The summed E-state index contributed by atoms with van der Waals surface area (Å²) in [4.78, 5) is 58.0. The molecule has 0 N–H and O–H groups in total. The Bertz CT molecular complexity index is 9180. The van der Waals surface area contributed by atoms with Gasteiger partial charge in [-0.1, -0.05) is 338 Å². The Hall–Kier alpha value is -18.1. The highest BCUT2D eigenvalue weighted by Gasteiger charge is 2.56. The standard InChI is InChI=1S/C62H37N7OS.C47H27ClN4OS.C16H13N3/c1-3-17-38(18-4-1)59-65-60(39-19-5-2-6-20-39)67-61(66-59)48-34-32-46-56(64-48)55-45(26-16-36-63-55)62(46)44-25-9-13-30-53(44)70-57-47(62)33-35-52-58(57)71-54-31-14-12-29-51(54)69(52)41-22-15-21-40(37-41)68-49-27-10-7-23-42(49)43-24-8-11-28-50(43)68;48-42-25-23-34-44(50-42)43-33(16-10-26-49-43)47(34)32-15-3-7-20-40(32)53-45-35(47)22-24-39-46(45)54-41-21-8-6-19-38(41)52(39)29-12-9-11-28(27-29)51-36-17-4-1-13-30(36)31-14-2-5-18-37(31)51;1-12-17-15(13-8-4-2-5-9-13)19-16(18-12)14-10-6-3-7-11-14/h1-37H;1-27H;2-11H,1H3. The van der Waals surface area contributed by atoms with E-state index in [2.05, 4.69) is 325 Å². The number of hydrogen-bond acceptors (Lipinski definition) is 16. The first-order valence-electron chi connectivity index (χ1n) is 47.8. The minimum atomic E-state index is -0.814. The van der Waals surface area contributed by atoms with E-state index in [1.165, 1.54) is 43.6 Å². The van der Waals surface area contributed by atoms with Crippen molar-refractivity contribution in [2.24, 2.45) is 0 Å². The molecule has 0 bridgehead atoms. The first-order valence-corrected chi connectivity index (χ1v) is 49.8. The van der Waals surface area contributed by atoms with Crippen molar-refractivity contribution in [3.05, 3.63) is 505 Å². The highest BCUT2D eigenvalue weighted by Crippen LogP contribution is 2.69. The maximum absolute atomic E-state index is 7.25. The number of rotatable bonds is 9. The number of aromatic nitrogens is 12. The van der Waals surface area contributed by atoms with E-state index in [0.717, 1.165) is 183 Å². The molecular formula is C125H77ClN14O2S2. The number of aryl methyl sites for hydroxylation is 1. The third-order valence-electron chi connectivity index (χ3n) is 28.1. The van der Waals surface area contributed by atoms with Gasteiger partial charge in [0.25, 0.3) is 0 Å². The number of nitrogens with zero attached hydrogens (tertiary/aromatic N) is 14. The molecule has 16 aromatic carbocycles. The van der Waals surface area contributed by atoms with Gasteiger partial charge in [0.05, 0.1) is 88.2 Å². The van der Waals surface area contributed by atoms with Crippen LogP contribution in [0.15, 0.2) is 469 Å². The molecule has 6 aliphatic rings. The molecule has 24 aromatic rings. The molecule has 8 aromatic heterocycles. The van der Waals surface area contributed by atoms with Crippen molar-refractivity contribution in [1.82, 2.24) is 59.0 Å². The summed E-state index contributed by atoms with van der Waals surface area (Å²) in [6.07, 6.45) is 3.69. The van der Waals surface area contributed by atoms with Gasteiger partial charge in [-0.05, 0) is 163 Å². The Morgan fingerprint density at radius 1 is 0.257 bits per heavy atom. The van der Waals surface area contributed by atoms with Gasteiger partial charge < -0.3 is 28.4 Å². The molecule has 0 amide bonds. The van der Waals surface area contributed by atoms with E-state index in [9.17, 15) is 0 Å². The van der Waals surface area contributed by atoms with Crippen LogP contribution < -0.4 is 19.3 Å². The third-order valence-corrected chi connectivity index (χ3v) is 30.7. The molecular weight excluding hydrogens is 1830 g/mol. The molecule has 2 unspecified atom stereocenters. The molecule has 0 saturated carbocycles. The Balaban J connectivity index is 0.000000121. The Kier molecular flexibility index (Phi) is 19.8. The number of pyridine rings is 4. The predicted molar refractivity (Wildman–Crippen MR) is 575 cm³/mol. The van der Waals surface area contributed by atoms with Crippen molar-refractivity contribution in [2.45, 2.75) is 37.3 Å². The van der Waals surface area contributed by atoms with Crippen molar-refractivity contribution < 1.29 is 9.47 Å².